The molecule has 3 aliphatic carbocycles. The summed E-state index contributed by atoms with van der Waals surface area (Å²) in [6.07, 6.45) is 6.51. The second kappa shape index (κ2) is 2.73. The third-order valence-corrected chi connectivity index (χ3v) is 3.11. The first-order valence-corrected chi connectivity index (χ1v) is 4.82. The van der Waals surface area contributed by atoms with Gasteiger partial charge in [-0.15, -0.1) is 0 Å². The largest absolute Gasteiger partial charge is 0.309 e. The van der Waals surface area contributed by atoms with Crippen LogP contribution in [0.25, 0.3) is 0 Å². The van der Waals surface area contributed by atoms with Crippen LogP contribution in [0.2, 0.25) is 0 Å². The van der Waals surface area contributed by atoms with E-state index in [4.69, 9.17) is 5.26 Å². The summed E-state index contributed by atoms with van der Waals surface area (Å²) in [5, 5.41) is 12.4. The highest BCUT2D eigenvalue weighted by atomic mass is 15.3. The lowest BCUT2D eigenvalue weighted by molar-refractivity contribution is -0.134. The van der Waals surface area contributed by atoms with Gasteiger partial charge in [-0.2, -0.15) is 10.4 Å². The normalized spacial score (nSPS) is 40.6. The van der Waals surface area contributed by atoms with E-state index in [2.05, 4.69) is 29.7 Å². The van der Waals surface area contributed by atoms with Gasteiger partial charge in [0.2, 0.25) is 0 Å². The van der Waals surface area contributed by atoms with Crippen molar-refractivity contribution in [2.75, 3.05) is 6.54 Å². The van der Waals surface area contributed by atoms with E-state index in [-0.39, 0.29) is 0 Å². The first-order valence-electron chi connectivity index (χ1n) is 4.82. The summed E-state index contributed by atoms with van der Waals surface area (Å²) >= 11 is 0. The van der Waals surface area contributed by atoms with Gasteiger partial charge >= 0.3 is 0 Å². The second-order valence-electron chi connectivity index (χ2n) is 4.78. The standard InChI is InChI=1S/C10H15N3/c1-9-5-10(6-9,7-9)8-13-12-4-2-3-11/h8,12H,2,4-7H2,1H3/b13-8+. The topological polar surface area (TPSA) is 48.2 Å². The molecule has 0 spiro atoms. The number of nitrogens with one attached hydrogen (secondary N) is 1. The highest BCUT2D eigenvalue weighted by Crippen LogP contribution is 2.72. The molecule has 70 valence electrons. The first kappa shape index (κ1) is 8.55. The van der Waals surface area contributed by atoms with Crippen LogP contribution in [0.5, 0.6) is 0 Å². The van der Waals surface area contributed by atoms with Gasteiger partial charge in [-0.05, 0) is 24.7 Å². The summed E-state index contributed by atoms with van der Waals surface area (Å²) in [6, 6.07) is 2.07. The zero-order valence-electron chi connectivity index (χ0n) is 8.01. The molecule has 3 fully saturated rings. The summed E-state index contributed by atoms with van der Waals surface area (Å²) in [7, 11) is 0. The maximum absolute atomic E-state index is 8.28. The summed E-state index contributed by atoms with van der Waals surface area (Å²) in [5.74, 6) is 0. The van der Waals surface area contributed by atoms with Crippen LogP contribution < -0.4 is 5.43 Å². The number of hydrazone groups is 1. The van der Waals surface area contributed by atoms with Gasteiger partial charge in [0.25, 0.3) is 0 Å². The van der Waals surface area contributed by atoms with Crippen molar-refractivity contribution < 1.29 is 0 Å². The van der Waals surface area contributed by atoms with Gasteiger partial charge < -0.3 is 5.43 Å². The van der Waals surface area contributed by atoms with E-state index in [0.29, 0.717) is 23.8 Å². The van der Waals surface area contributed by atoms with Gasteiger partial charge in [-0.25, -0.2) is 0 Å². The predicted octanol–water partition coefficient (Wildman–Crippen LogP) is 1.67. The zero-order valence-corrected chi connectivity index (χ0v) is 8.01. The van der Waals surface area contributed by atoms with Crippen LogP contribution >= 0.6 is 0 Å². The lowest BCUT2D eigenvalue weighted by Gasteiger charge is -2.68. The Morgan fingerprint density at radius 2 is 2.23 bits per heavy atom. The molecule has 0 amide bonds. The molecule has 3 nitrogen and oxygen atoms in total. The van der Waals surface area contributed by atoms with E-state index in [1.165, 1.54) is 19.3 Å². The molecule has 0 aromatic heterocycles. The Morgan fingerprint density at radius 3 is 2.77 bits per heavy atom. The molecule has 0 saturated heterocycles. The summed E-state index contributed by atoms with van der Waals surface area (Å²) in [5.41, 5.74) is 3.99. The van der Waals surface area contributed by atoms with Gasteiger partial charge in [0.15, 0.2) is 0 Å². The van der Waals surface area contributed by atoms with Gasteiger partial charge in [-0.3, -0.25) is 0 Å². The van der Waals surface area contributed by atoms with Gasteiger partial charge in [0, 0.05) is 18.2 Å². The number of nitriles is 1. The molecule has 3 saturated carbocycles. The van der Waals surface area contributed by atoms with Crippen molar-refractivity contribution in [1.29, 1.82) is 5.26 Å². The van der Waals surface area contributed by atoms with E-state index >= 15 is 0 Å². The van der Waals surface area contributed by atoms with E-state index in [0.717, 1.165) is 0 Å². The van der Waals surface area contributed by atoms with Gasteiger partial charge in [-0.1, -0.05) is 6.92 Å². The fourth-order valence-corrected chi connectivity index (χ4v) is 2.89. The molecular weight excluding hydrogens is 162 g/mol. The van der Waals surface area contributed by atoms with Crippen LogP contribution in [0.3, 0.4) is 0 Å². The quantitative estimate of drug-likeness (QED) is 0.403. The van der Waals surface area contributed by atoms with Crippen molar-refractivity contribution in [3.63, 3.8) is 0 Å². The molecule has 0 aromatic carbocycles. The molecule has 1 N–H and O–H groups in total. The van der Waals surface area contributed by atoms with Gasteiger partial charge in [0.1, 0.15) is 0 Å². The van der Waals surface area contributed by atoms with Crippen molar-refractivity contribution >= 4 is 6.21 Å². The van der Waals surface area contributed by atoms with Crippen LogP contribution in [-0.2, 0) is 0 Å². The molecule has 0 radical (unpaired) electrons. The van der Waals surface area contributed by atoms with Crippen LogP contribution in [0.15, 0.2) is 5.10 Å². The summed E-state index contributed by atoms with van der Waals surface area (Å²) in [4.78, 5) is 0. The second-order valence-corrected chi connectivity index (χ2v) is 4.78. The van der Waals surface area contributed by atoms with Crippen molar-refractivity contribution in [1.82, 2.24) is 5.43 Å². The van der Waals surface area contributed by atoms with E-state index < -0.39 is 0 Å². The fourth-order valence-electron chi connectivity index (χ4n) is 2.89. The minimum atomic E-state index is 0.439. The Labute approximate surface area is 78.8 Å². The Bertz CT molecular complexity index is 255. The first-order chi connectivity index (χ1) is 6.18. The fraction of sp³-hybridized carbons (Fsp3) is 0.800. The van der Waals surface area contributed by atoms with Crippen molar-refractivity contribution in [3.8, 4) is 6.07 Å². The molecule has 0 aliphatic heterocycles. The number of rotatable bonds is 4. The highest BCUT2D eigenvalue weighted by molar-refractivity contribution is 5.71. The lowest BCUT2D eigenvalue weighted by atomic mass is 9.36. The predicted molar refractivity (Wildman–Crippen MR) is 51.1 cm³/mol. The van der Waals surface area contributed by atoms with Crippen molar-refractivity contribution in [2.45, 2.75) is 32.6 Å². The molecule has 0 heterocycles. The maximum Gasteiger partial charge on any atom is 0.0640 e. The molecule has 0 aromatic rings. The van der Waals surface area contributed by atoms with Crippen LogP contribution in [0.1, 0.15) is 32.6 Å². The average molecular weight is 177 g/mol. The maximum atomic E-state index is 8.28. The number of hydrogen-bond acceptors (Lipinski definition) is 3. The zero-order chi connectivity index (χ0) is 9.36. The molecule has 13 heavy (non-hydrogen) atoms. The molecule has 3 rings (SSSR count). The molecule has 3 heteroatoms. The minimum absolute atomic E-state index is 0.439. The molecule has 2 bridgehead atoms. The van der Waals surface area contributed by atoms with E-state index in [1.54, 1.807) is 0 Å². The lowest BCUT2D eigenvalue weighted by Crippen LogP contribution is -2.60. The highest BCUT2D eigenvalue weighted by Gasteiger charge is 2.64. The molecule has 3 aliphatic rings. The monoisotopic (exact) mass is 177 g/mol. The summed E-state index contributed by atoms with van der Waals surface area (Å²) < 4.78 is 0. The van der Waals surface area contributed by atoms with Crippen molar-refractivity contribution in [3.05, 3.63) is 0 Å². The Morgan fingerprint density at radius 1 is 1.54 bits per heavy atom. The van der Waals surface area contributed by atoms with Crippen LogP contribution in [0.4, 0.5) is 0 Å². The third-order valence-electron chi connectivity index (χ3n) is 3.11. The smallest absolute Gasteiger partial charge is 0.0640 e. The molecular formula is C10H15N3. The van der Waals surface area contributed by atoms with Crippen LogP contribution in [-0.4, -0.2) is 12.8 Å². The van der Waals surface area contributed by atoms with E-state index in [1.807, 2.05) is 0 Å². The third kappa shape index (κ3) is 1.41. The summed E-state index contributed by atoms with van der Waals surface area (Å²) in [6.45, 7) is 3.01. The average Bonchev–Trinajstić information content (AvgIpc) is 1.98. The van der Waals surface area contributed by atoms with Crippen molar-refractivity contribution in [2.24, 2.45) is 15.9 Å². The van der Waals surface area contributed by atoms with Gasteiger partial charge in [0.05, 0.1) is 12.5 Å². The minimum Gasteiger partial charge on any atom is -0.309 e. The van der Waals surface area contributed by atoms with E-state index in [9.17, 15) is 0 Å². The Kier molecular flexibility index (Phi) is 1.80. The Balaban J connectivity index is 1.66. The number of nitrogens with zero attached hydrogens (tertiary/aromatic N) is 2. The molecule has 0 atom stereocenters. The van der Waals surface area contributed by atoms with Crippen LogP contribution in [0, 0.1) is 22.2 Å². The Hall–Kier alpha value is -1.04. The SMILES string of the molecule is CC12CC(/C=N/NCCC#N)(C1)C2. The molecule has 0 unspecified atom stereocenters. The number of hydrogen-bond donors (Lipinski definition) is 1.